The summed E-state index contributed by atoms with van der Waals surface area (Å²) in [6, 6.07) is 0.205. The molecule has 0 bridgehead atoms. The first-order valence-electron chi connectivity index (χ1n) is 4.95. The number of hydrogen-bond donors (Lipinski definition) is 1. The van der Waals surface area contributed by atoms with Gasteiger partial charge in [-0.3, -0.25) is 4.79 Å². The van der Waals surface area contributed by atoms with E-state index in [4.69, 9.17) is 5.73 Å². The summed E-state index contributed by atoms with van der Waals surface area (Å²) in [6.45, 7) is 0. The molecule has 2 rings (SSSR count). The summed E-state index contributed by atoms with van der Waals surface area (Å²) in [5.74, 6) is 0.294. The lowest BCUT2D eigenvalue weighted by atomic mass is 9.83. The van der Waals surface area contributed by atoms with Crippen LogP contribution in [0.3, 0.4) is 0 Å². The van der Waals surface area contributed by atoms with E-state index in [2.05, 4.69) is 4.98 Å². The summed E-state index contributed by atoms with van der Waals surface area (Å²) in [6.07, 6.45) is 3.93. The van der Waals surface area contributed by atoms with Crippen LogP contribution in [0.4, 0.5) is 0 Å². The predicted octanol–water partition coefficient (Wildman–Crippen LogP) is 1.84. The van der Waals surface area contributed by atoms with Gasteiger partial charge in [0.2, 0.25) is 0 Å². The lowest BCUT2D eigenvalue weighted by Gasteiger charge is -2.24. The molecule has 0 aliphatic heterocycles. The zero-order chi connectivity index (χ0) is 9.97. The molecule has 1 fully saturated rings. The van der Waals surface area contributed by atoms with E-state index in [9.17, 15) is 4.79 Å². The number of Topliss-reactive ketones (excluding diaryl/α,β-unsaturated/α-hetero) is 1. The second-order valence-electron chi connectivity index (χ2n) is 3.86. The van der Waals surface area contributed by atoms with Gasteiger partial charge in [0.15, 0.2) is 5.78 Å². The van der Waals surface area contributed by atoms with Crippen molar-refractivity contribution in [2.45, 2.75) is 31.7 Å². The highest BCUT2D eigenvalue weighted by Gasteiger charge is 2.26. The van der Waals surface area contributed by atoms with E-state index in [1.807, 2.05) is 5.38 Å². The number of nitrogens with two attached hydrogens (primary N) is 1. The van der Waals surface area contributed by atoms with Gasteiger partial charge in [-0.1, -0.05) is 6.42 Å². The molecule has 1 aromatic rings. The maximum absolute atomic E-state index is 11.9. The molecular weight excluding hydrogens is 196 g/mol. The van der Waals surface area contributed by atoms with Gasteiger partial charge in [0.05, 0.1) is 5.51 Å². The SMILES string of the molecule is NC1CCCC(C(=O)c2cscn2)C1. The van der Waals surface area contributed by atoms with Crippen LogP contribution >= 0.6 is 11.3 Å². The highest BCUT2D eigenvalue weighted by Crippen LogP contribution is 2.26. The highest BCUT2D eigenvalue weighted by molar-refractivity contribution is 7.07. The topological polar surface area (TPSA) is 56.0 Å². The van der Waals surface area contributed by atoms with Crippen LogP contribution in [0.5, 0.6) is 0 Å². The standard InChI is InChI=1S/C10H14N2OS/c11-8-3-1-2-7(4-8)10(13)9-5-14-6-12-9/h5-8H,1-4,11H2. The van der Waals surface area contributed by atoms with E-state index < -0.39 is 0 Å². The highest BCUT2D eigenvalue weighted by atomic mass is 32.1. The average Bonchev–Trinajstić information content (AvgIpc) is 2.69. The Labute approximate surface area is 87.3 Å². The summed E-state index contributed by atoms with van der Waals surface area (Å²) < 4.78 is 0. The molecule has 0 radical (unpaired) electrons. The van der Waals surface area contributed by atoms with Crippen molar-refractivity contribution in [2.24, 2.45) is 11.7 Å². The molecule has 76 valence electrons. The van der Waals surface area contributed by atoms with E-state index >= 15 is 0 Å². The fraction of sp³-hybridized carbons (Fsp3) is 0.600. The van der Waals surface area contributed by atoms with Gasteiger partial charge in [-0.05, 0) is 19.3 Å². The van der Waals surface area contributed by atoms with Crippen LogP contribution < -0.4 is 5.73 Å². The molecule has 2 atom stereocenters. The van der Waals surface area contributed by atoms with Crippen molar-refractivity contribution in [3.05, 3.63) is 16.6 Å². The summed E-state index contributed by atoms with van der Waals surface area (Å²) in [4.78, 5) is 15.9. The molecule has 3 nitrogen and oxygen atoms in total. The van der Waals surface area contributed by atoms with Crippen LogP contribution in [0.1, 0.15) is 36.2 Å². The zero-order valence-electron chi connectivity index (χ0n) is 7.98. The third-order valence-corrected chi connectivity index (χ3v) is 3.36. The number of carbonyl (C=O) groups is 1. The Morgan fingerprint density at radius 1 is 1.57 bits per heavy atom. The number of carbonyl (C=O) groups excluding carboxylic acids is 1. The third-order valence-electron chi connectivity index (χ3n) is 2.77. The number of thiazole rings is 1. The Balaban J connectivity index is 2.04. The van der Waals surface area contributed by atoms with Gasteiger partial charge < -0.3 is 5.73 Å². The number of rotatable bonds is 2. The molecule has 4 heteroatoms. The lowest BCUT2D eigenvalue weighted by molar-refractivity contribution is 0.0877. The fourth-order valence-corrected chi connectivity index (χ4v) is 2.55. The summed E-state index contributed by atoms with van der Waals surface area (Å²) in [5.41, 5.74) is 8.17. The van der Waals surface area contributed by atoms with E-state index in [1.165, 1.54) is 11.3 Å². The Kier molecular flexibility index (Phi) is 2.93. The molecule has 1 aliphatic carbocycles. The quantitative estimate of drug-likeness (QED) is 0.758. The number of nitrogens with zero attached hydrogens (tertiary/aromatic N) is 1. The molecule has 0 spiro atoms. The Morgan fingerprint density at radius 3 is 3.07 bits per heavy atom. The maximum atomic E-state index is 11.9. The second-order valence-corrected chi connectivity index (χ2v) is 4.58. The minimum Gasteiger partial charge on any atom is -0.328 e. The van der Waals surface area contributed by atoms with E-state index in [0.717, 1.165) is 25.7 Å². The first-order valence-corrected chi connectivity index (χ1v) is 5.89. The Hall–Kier alpha value is -0.740. The minimum absolute atomic E-state index is 0.112. The number of hydrogen-bond acceptors (Lipinski definition) is 4. The van der Waals surface area contributed by atoms with Gasteiger partial charge in [-0.25, -0.2) is 4.98 Å². The number of aromatic nitrogens is 1. The van der Waals surface area contributed by atoms with Crippen molar-refractivity contribution in [1.29, 1.82) is 0 Å². The largest absolute Gasteiger partial charge is 0.328 e. The van der Waals surface area contributed by atoms with Crippen molar-refractivity contribution >= 4 is 17.1 Å². The van der Waals surface area contributed by atoms with Crippen molar-refractivity contribution in [3.8, 4) is 0 Å². The van der Waals surface area contributed by atoms with Gasteiger partial charge in [-0.15, -0.1) is 11.3 Å². The van der Waals surface area contributed by atoms with Crippen LogP contribution in [-0.4, -0.2) is 16.8 Å². The van der Waals surface area contributed by atoms with Crippen LogP contribution in [0, 0.1) is 5.92 Å². The van der Waals surface area contributed by atoms with Crippen LogP contribution in [0.15, 0.2) is 10.9 Å². The van der Waals surface area contributed by atoms with Gasteiger partial charge in [0.25, 0.3) is 0 Å². The predicted molar refractivity (Wildman–Crippen MR) is 56.4 cm³/mol. The maximum Gasteiger partial charge on any atom is 0.185 e. The van der Waals surface area contributed by atoms with Gasteiger partial charge in [-0.2, -0.15) is 0 Å². The normalized spacial score (nSPS) is 27.5. The molecule has 1 heterocycles. The van der Waals surface area contributed by atoms with Crippen LogP contribution in [-0.2, 0) is 0 Å². The fourth-order valence-electron chi connectivity index (χ4n) is 2.01. The van der Waals surface area contributed by atoms with Gasteiger partial charge >= 0.3 is 0 Å². The van der Waals surface area contributed by atoms with Crippen molar-refractivity contribution < 1.29 is 4.79 Å². The van der Waals surface area contributed by atoms with Crippen molar-refractivity contribution in [2.75, 3.05) is 0 Å². The van der Waals surface area contributed by atoms with E-state index in [0.29, 0.717) is 5.69 Å². The van der Waals surface area contributed by atoms with Gasteiger partial charge in [0.1, 0.15) is 5.69 Å². The molecule has 14 heavy (non-hydrogen) atoms. The molecule has 2 N–H and O–H groups in total. The average molecular weight is 210 g/mol. The van der Waals surface area contributed by atoms with Gasteiger partial charge in [0, 0.05) is 17.3 Å². The van der Waals surface area contributed by atoms with E-state index in [-0.39, 0.29) is 17.7 Å². The molecule has 1 aliphatic rings. The monoisotopic (exact) mass is 210 g/mol. The molecule has 0 aromatic carbocycles. The van der Waals surface area contributed by atoms with Crippen molar-refractivity contribution in [3.63, 3.8) is 0 Å². The molecule has 0 saturated heterocycles. The third kappa shape index (κ3) is 2.01. The molecule has 0 amide bonds. The first kappa shape index (κ1) is 9.80. The smallest absolute Gasteiger partial charge is 0.185 e. The van der Waals surface area contributed by atoms with E-state index in [1.54, 1.807) is 5.51 Å². The zero-order valence-corrected chi connectivity index (χ0v) is 8.80. The Morgan fingerprint density at radius 2 is 2.43 bits per heavy atom. The summed E-state index contributed by atoms with van der Waals surface area (Å²) >= 11 is 1.47. The first-order chi connectivity index (χ1) is 6.77. The van der Waals surface area contributed by atoms with Crippen LogP contribution in [0.2, 0.25) is 0 Å². The molecule has 1 aromatic heterocycles. The minimum atomic E-state index is 0.112. The summed E-state index contributed by atoms with van der Waals surface area (Å²) in [7, 11) is 0. The second kappa shape index (κ2) is 4.19. The van der Waals surface area contributed by atoms with Crippen LogP contribution in [0.25, 0.3) is 0 Å². The number of ketones is 1. The molecule has 2 unspecified atom stereocenters. The molecular formula is C10H14N2OS. The summed E-state index contributed by atoms with van der Waals surface area (Å²) in [5, 5.41) is 1.82. The van der Waals surface area contributed by atoms with Crippen molar-refractivity contribution in [1.82, 2.24) is 4.98 Å². The molecule has 1 saturated carbocycles. The lowest BCUT2D eigenvalue weighted by Crippen LogP contribution is -2.31. The Bertz CT molecular complexity index is 310.